The summed E-state index contributed by atoms with van der Waals surface area (Å²) in [6.07, 6.45) is 0.586. The molecule has 1 heterocycles. The minimum absolute atomic E-state index is 0.105. The third-order valence-electron chi connectivity index (χ3n) is 3.56. The highest BCUT2D eigenvalue weighted by Crippen LogP contribution is 2.26. The lowest BCUT2D eigenvalue weighted by molar-refractivity contribution is 0.117. The Morgan fingerprint density at radius 3 is 2.75 bits per heavy atom. The maximum Gasteiger partial charge on any atom is 0.241 e. The number of halogens is 1. The molecule has 0 bridgehead atoms. The number of sulfonamides is 1. The fourth-order valence-corrected chi connectivity index (χ4v) is 4.55. The van der Waals surface area contributed by atoms with Crippen LogP contribution in [0.25, 0.3) is 0 Å². The first kappa shape index (κ1) is 15.9. The van der Waals surface area contributed by atoms with Gasteiger partial charge in [0.15, 0.2) is 0 Å². The van der Waals surface area contributed by atoms with Crippen molar-refractivity contribution in [1.29, 1.82) is 0 Å². The maximum atomic E-state index is 12.5. The molecule has 7 heteroatoms. The lowest BCUT2D eigenvalue weighted by Crippen LogP contribution is -2.39. The number of nitrogens with two attached hydrogens (primary N) is 1. The highest BCUT2D eigenvalue weighted by Gasteiger charge is 2.30. The van der Waals surface area contributed by atoms with E-state index >= 15 is 0 Å². The maximum absolute atomic E-state index is 12.5. The van der Waals surface area contributed by atoms with Crippen LogP contribution in [0.1, 0.15) is 24.5 Å². The summed E-state index contributed by atoms with van der Waals surface area (Å²) in [5.74, 6) is 0. The average molecular weight is 363 g/mol. The van der Waals surface area contributed by atoms with Gasteiger partial charge in [0.2, 0.25) is 10.0 Å². The van der Waals surface area contributed by atoms with Gasteiger partial charge in [-0.3, -0.25) is 0 Å². The smallest absolute Gasteiger partial charge is 0.241 e. The van der Waals surface area contributed by atoms with Crippen LogP contribution >= 0.6 is 15.9 Å². The van der Waals surface area contributed by atoms with Crippen LogP contribution in [-0.4, -0.2) is 27.2 Å². The van der Waals surface area contributed by atoms with Crippen molar-refractivity contribution in [2.45, 2.75) is 43.9 Å². The van der Waals surface area contributed by atoms with Gasteiger partial charge in [0.05, 0.1) is 17.0 Å². The summed E-state index contributed by atoms with van der Waals surface area (Å²) in [5, 5.41) is 0. The number of ether oxygens (including phenoxy) is 1. The summed E-state index contributed by atoms with van der Waals surface area (Å²) in [7, 11) is -3.58. The third-order valence-corrected chi connectivity index (χ3v) is 6.00. The summed E-state index contributed by atoms with van der Waals surface area (Å²) in [5.41, 5.74) is 7.07. The van der Waals surface area contributed by atoms with Gasteiger partial charge in [-0.15, -0.1) is 0 Å². The lowest BCUT2D eigenvalue weighted by atomic mass is 10.1. The second-order valence-electron chi connectivity index (χ2n) is 5.00. The first-order valence-electron chi connectivity index (χ1n) is 6.48. The van der Waals surface area contributed by atoms with Gasteiger partial charge in [-0.25, -0.2) is 13.1 Å². The van der Waals surface area contributed by atoms with Gasteiger partial charge >= 0.3 is 0 Å². The third kappa shape index (κ3) is 3.23. The van der Waals surface area contributed by atoms with E-state index in [2.05, 4.69) is 20.7 Å². The number of benzene rings is 1. The summed E-state index contributed by atoms with van der Waals surface area (Å²) < 4.78 is 34.0. The molecule has 3 N–H and O–H groups in total. The van der Waals surface area contributed by atoms with Gasteiger partial charge in [0, 0.05) is 17.6 Å². The van der Waals surface area contributed by atoms with Crippen LogP contribution < -0.4 is 10.5 Å². The summed E-state index contributed by atoms with van der Waals surface area (Å²) in [6, 6.07) is 3.29. The van der Waals surface area contributed by atoms with E-state index in [1.165, 1.54) is 0 Å². The standard InChI is InChI=1S/C13H19BrN2O3S/c1-8-11(14)5-10(7-15)6-13(8)20(17,18)16-12-3-4-19-9(12)2/h5-6,9,12,16H,3-4,7,15H2,1-2H3. The van der Waals surface area contributed by atoms with Crippen LogP contribution in [-0.2, 0) is 21.3 Å². The second kappa shape index (κ2) is 6.11. The molecule has 20 heavy (non-hydrogen) atoms. The minimum atomic E-state index is -3.58. The molecule has 112 valence electrons. The van der Waals surface area contributed by atoms with E-state index in [0.717, 1.165) is 10.0 Å². The molecule has 2 unspecified atom stereocenters. The van der Waals surface area contributed by atoms with Crippen molar-refractivity contribution in [2.24, 2.45) is 5.73 Å². The van der Waals surface area contributed by atoms with Crippen LogP contribution in [0.15, 0.2) is 21.5 Å². The molecule has 0 saturated carbocycles. The van der Waals surface area contributed by atoms with Crippen molar-refractivity contribution in [3.8, 4) is 0 Å². The molecule has 0 radical (unpaired) electrons. The molecule has 0 aromatic heterocycles. The molecule has 0 spiro atoms. The minimum Gasteiger partial charge on any atom is -0.377 e. The Labute approximate surface area is 128 Å². The fraction of sp³-hybridized carbons (Fsp3) is 0.538. The lowest BCUT2D eigenvalue weighted by Gasteiger charge is -2.18. The quantitative estimate of drug-likeness (QED) is 0.853. The number of nitrogens with one attached hydrogen (secondary N) is 1. The van der Waals surface area contributed by atoms with Crippen LogP contribution in [0.3, 0.4) is 0 Å². The highest BCUT2D eigenvalue weighted by molar-refractivity contribution is 9.10. The Bertz CT molecular complexity index is 604. The predicted octanol–water partition coefficient (Wildman–Crippen LogP) is 1.67. The molecule has 1 fully saturated rings. The Hall–Kier alpha value is -0.470. The van der Waals surface area contributed by atoms with E-state index in [0.29, 0.717) is 25.1 Å². The van der Waals surface area contributed by atoms with Gasteiger partial charge in [-0.05, 0) is 43.5 Å². The molecule has 0 amide bonds. The van der Waals surface area contributed by atoms with E-state index < -0.39 is 10.0 Å². The summed E-state index contributed by atoms with van der Waals surface area (Å²) in [4.78, 5) is 0.270. The second-order valence-corrected chi connectivity index (χ2v) is 7.53. The molecule has 1 aliphatic heterocycles. The van der Waals surface area contributed by atoms with Gasteiger partial charge < -0.3 is 10.5 Å². The van der Waals surface area contributed by atoms with Crippen molar-refractivity contribution in [3.05, 3.63) is 27.7 Å². The van der Waals surface area contributed by atoms with Crippen LogP contribution in [0.5, 0.6) is 0 Å². The fourth-order valence-electron chi connectivity index (χ4n) is 2.25. The van der Waals surface area contributed by atoms with Crippen molar-refractivity contribution in [3.63, 3.8) is 0 Å². The molecule has 5 nitrogen and oxygen atoms in total. The number of hydrogen-bond donors (Lipinski definition) is 2. The molecule has 1 aliphatic rings. The molecule has 2 atom stereocenters. The van der Waals surface area contributed by atoms with Gasteiger partial charge in [-0.2, -0.15) is 0 Å². The summed E-state index contributed by atoms with van der Waals surface area (Å²) in [6.45, 7) is 4.52. The van der Waals surface area contributed by atoms with Crippen LogP contribution in [0, 0.1) is 6.92 Å². The normalized spacial score (nSPS) is 23.2. The highest BCUT2D eigenvalue weighted by atomic mass is 79.9. The zero-order chi connectivity index (χ0) is 14.9. The van der Waals surface area contributed by atoms with E-state index in [4.69, 9.17) is 10.5 Å². The molecule has 2 rings (SSSR count). The largest absolute Gasteiger partial charge is 0.377 e. The first-order valence-corrected chi connectivity index (χ1v) is 8.76. The van der Waals surface area contributed by atoms with Crippen molar-refractivity contribution >= 4 is 26.0 Å². The molecule has 1 aromatic rings. The Balaban J connectivity index is 2.36. The average Bonchev–Trinajstić information content (AvgIpc) is 2.77. The van der Waals surface area contributed by atoms with Crippen molar-refractivity contribution < 1.29 is 13.2 Å². The topological polar surface area (TPSA) is 81.4 Å². The SMILES string of the molecule is Cc1c(Br)cc(CN)cc1S(=O)(=O)NC1CCOC1C. The Kier molecular flexibility index (Phi) is 4.86. The van der Waals surface area contributed by atoms with Gasteiger partial charge in [-0.1, -0.05) is 15.9 Å². The molecule has 1 aromatic carbocycles. The zero-order valence-corrected chi connectivity index (χ0v) is 13.9. The number of hydrogen-bond acceptors (Lipinski definition) is 4. The predicted molar refractivity (Wildman–Crippen MR) is 80.9 cm³/mol. The van der Waals surface area contributed by atoms with Gasteiger partial charge in [0.25, 0.3) is 0 Å². The monoisotopic (exact) mass is 362 g/mol. The van der Waals surface area contributed by atoms with Crippen molar-refractivity contribution in [2.75, 3.05) is 6.61 Å². The van der Waals surface area contributed by atoms with E-state index in [-0.39, 0.29) is 17.0 Å². The van der Waals surface area contributed by atoms with E-state index in [9.17, 15) is 8.42 Å². The van der Waals surface area contributed by atoms with E-state index in [1.54, 1.807) is 13.0 Å². The van der Waals surface area contributed by atoms with Crippen LogP contribution in [0.4, 0.5) is 0 Å². The van der Waals surface area contributed by atoms with Crippen LogP contribution in [0.2, 0.25) is 0 Å². The Morgan fingerprint density at radius 2 is 2.20 bits per heavy atom. The van der Waals surface area contributed by atoms with Gasteiger partial charge in [0.1, 0.15) is 0 Å². The molecule has 0 aliphatic carbocycles. The van der Waals surface area contributed by atoms with E-state index in [1.807, 2.05) is 13.0 Å². The first-order chi connectivity index (χ1) is 9.35. The summed E-state index contributed by atoms with van der Waals surface area (Å²) >= 11 is 3.38. The molecular weight excluding hydrogens is 344 g/mol. The zero-order valence-electron chi connectivity index (χ0n) is 11.5. The molecular formula is C13H19BrN2O3S. The Morgan fingerprint density at radius 1 is 1.50 bits per heavy atom. The molecule has 1 saturated heterocycles. The van der Waals surface area contributed by atoms with Crippen molar-refractivity contribution in [1.82, 2.24) is 4.72 Å². The number of rotatable bonds is 4.